The van der Waals surface area contributed by atoms with Crippen molar-refractivity contribution >= 4 is 18.3 Å². The van der Waals surface area contributed by atoms with Gasteiger partial charge in [0.25, 0.3) is 5.91 Å². The zero-order valence-electron chi connectivity index (χ0n) is 16.8. The molecule has 1 aliphatic heterocycles. The van der Waals surface area contributed by atoms with Gasteiger partial charge >= 0.3 is 0 Å². The number of rotatable bonds is 7. The lowest BCUT2D eigenvalue weighted by atomic mass is 10.1. The van der Waals surface area contributed by atoms with Gasteiger partial charge in [-0.1, -0.05) is 37.3 Å². The Hall–Kier alpha value is -2.12. The molecule has 0 atom stereocenters. The van der Waals surface area contributed by atoms with Crippen molar-refractivity contribution in [3.05, 3.63) is 41.2 Å². The maximum Gasteiger partial charge on any atom is 0.274 e. The molecular formula is C20H30ClN5O2. The molecule has 1 aromatic heterocycles. The number of hydrogen-bond acceptors (Lipinski definition) is 5. The van der Waals surface area contributed by atoms with E-state index in [0.29, 0.717) is 30.8 Å². The van der Waals surface area contributed by atoms with Crippen molar-refractivity contribution in [2.75, 3.05) is 19.7 Å². The van der Waals surface area contributed by atoms with Gasteiger partial charge in [0.15, 0.2) is 5.69 Å². The molecule has 0 bridgehead atoms. The smallest absolute Gasteiger partial charge is 0.274 e. The molecule has 2 heterocycles. The van der Waals surface area contributed by atoms with Gasteiger partial charge in [0.1, 0.15) is 5.75 Å². The summed E-state index contributed by atoms with van der Waals surface area (Å²) in [4.78, 5) is 12.6. The van der Waals surface area contributed by atoms with Crippen LogP contribution >= 0.6 is 12.4 Å². The van der Waals surface area contributed by atoms with Gasteiger partial charge in [-0.05, 0) is 44.8 Å². The highest BCUT2D eigenvalue weighted by Crippen LogP contribution is 2.21. The van der Waals surface area contributed by atoms with Gasteiger partial charge in [0.05, 0.1) is 18.3 Å². The number of para-hydroxylation sites is 1. The van der Waals surface area contributed by atoms with Crippen LogP contribution in [0.4, 0.5) is 0 Å². The fraction of sp³-hybridized carbons (Fsp3) is 0.550. The van der Waals surface area contributed by atoms with Crippen molar-refractivity contribution in [1.82, 2.24) is 25.6 Å². The second-order valence-electron chi connectivity index (χ2n) is 7.44. The number of ether oxygens (including phenoxy) is 1. The van der Waals surface area contributed by atoms with Crippen LogP contribution in [0.15, 0.2) is 24.3 Å². The molecule has 154 valence electrons. The number of hydrogen-bond donors (Lipinski definition) is 2. The van der Waals surface area contributed by atoms with E-state index in [1.165, 1.54) is 0 Å². The third-order valence-electron chi connectivity index (χ3n) is 4.78. The molecule has 0 spiro atoms. The highest BCUT2D eigenvalue weighted by molar-refractivity contribution is 5.93. The molecule has 0 aliphatic carbocycles. The Morgan fingerprint density at radius 2 is 2.04 bits per heavy atom. The third kappa shape index (κ3) is 5.45. The highest BCUT2D eigenvalue weighted by atomic mass is 35.5. The van der Waals surface area contributed by atoms with E-state index < -0.39 is 0 Å². The SMILES string of the molecule is Cc1c(C(=O)NCc2ccccc2OCC(C)C)nnn1C1CCNCC1.Cl. The van der Waals surface area contributed by atoms with E-state index in [0.717, 1.165) is 42.9 Å². The summed E-state index contributed by atoms with van der Waals surface area (Å²) >= 11 is 0. The summed E-state index contributed by atoms with van der Waals surface area (Å²) in [6, 6.07) is 8.10. The molecule has 0 radical (unpaired) electrons. The van der Waals surface area contributed by atoms with Crippen LogP contribution in [0.25, 0.3) is 0 Å². The van der Waals surface area contributed by atoms with Gasteiger partial charge in [-0.2, -0.15) is 0 Å². The summed E-state index contributed by atoms with van der Waals surface area (Å²) in [5.41, 5.74) is 2.17. The van der Waals surface area contributed by atoms with Gasteiger partial charge in [0.2, 0.25) is 0 Å². The topological polar surface area (TPSA) is 81.1 Å². The molecule has 1 fully saturated rings. The minimum atomic E-state index is -0.202. The number of carbonyl (C=O) groups excluding carboxylic acids is 1. The Morgan fingerprint density at radius 3 is 2.75 bits per heavy atom. The van der Waals surface area contributed by atoms with Crippen LogP contribution in [-0.4, -0.2) is 40.6 Å². The monoisotopic (exact) mass is 407 g/mol. The predicted octanol–water partition coefficient (Wildman–Crippen LogP) is 2.90. The van der Waals surface area contributed by atoms with Gasteiger partial charge < -0.3 is 15.4 Å². The first-order chi connectivity index (χ1) is 13.1. The van der Waals surface area contributed by atoms with E-state index in [1.54, 1.807) is 0 Å². The summed E-state index contributed by atoms with van der Waals surface area (Å²) < 4.78 is 7.75. The minimum Gasteiger partial charge on any atom is -0.493 e. The lowest BCUT2D eigenvalue weighted by Gasteiger charge is -2.23. The van der Waals surface area contributed by atoms with Gasteiger partial charge in [-0.25, -0.2) is 4.68 Å². The van der Waals surface area contributed by atoms with Crippen LogP contribution in [0.1, 0.15) is 54.5 Å². The van der Waals surface area contributed by atoms with E-state index in [1.807, 2.05) is 35.9 Å². The molecule has 0 saturated carbocycles. The van der Waals surface area contributed by atoms with Crippen LogP contribution in [0.2, 0.25) is 0 Å². The quantitative estimate of drug-likeness (QED) is 0.737. The van der Waals surface area contributed by atoms with Gasteiger partial charge in [-0.15, -0.1) is 17.5 Å². The van der Waals surface area contributed by atoms with E-state index in [2.05, 4.69) is 34.8 Å². The van der Waals surface area contributed by atoms with E-state index in [4.69, 9.17) is 4.74 Å². The molecule has 8 heteroatoms. The van der Waals surface area contributed by atoms with Crippen LogP contribution in [0, 0.1) is 12.8 Å². The van der Waals surface area contributed by atoms with Gasteiger partial charge in [0, 0.05) is 12.1 Å². The van der Waals surface area contributed by atoms with Crippen LogP contribution in [0.5, 0.6) is 5.75 Å². The van der Waals surface area contributed by atoms with Crippen molar-refractivity contribution in [1.29, 1.82) is 0 Å². The Bertz CT molecular complexity index is 772. The summed E-state index contributed by atoms with van der Waals surface area (Å²) in [5.74, 6) is 1.05. The Balaban J connectivity index is 0.00000280. The van der Waals surface area contributed by atoms with Crippen LogP contribution < -0.4 is 15.4 Å². The van der Waals surface area contributed by atoms with E-state index in [-0.39, 0.29) is 18.3 Å². The average molecular weight is 408 g/mol. The first kappa shape index (κ1) is 22.2. The molecule has 28 heavy (non-hydrogen) atoms. The Labute approximate surface area is 172 Å². The standard InChI is InChI=1S/C20H29N5O2.ClH/c1-14(2)13-27-18-7-5-4-6-16(18)12-22-20(26)19-15(3)25(24-23-19)17-8-10-21-11-9-17;/h4-7,14,17,21H,8-13H2,1-3H3,(H,22,26);1H. The van der Waals surface area contributed by atoms with Gasteiger partial charge in [-0.3, -0.25) is 4.79 Å². The predicted molar refractivity (Wildman–Crippen MR) is 111 cm³/mol. The van der Waals surface area contributed by atoms with Crippen molar-refractivity contribution in [3.63, 3.8) is 0 Å². The number of halogens is 1. The number of carbonyl (C=O) groups is 1. The van der Waals surface area contributed by atoms with Crippen LogP contribution in [-0.2, 0) is 6.54 Å². The minimum absolute atomic E-state index is 0. The van der Waals surface area contributed by atoms with Crippen molar-refractivity contribution in [2.45, 2.75) is 46.2 Å². The first-order valence-electron chi connectivity index (χ1n) is 9.67. The molecule has 0 unspecified atom stereocenters. The number of amides is 1. The molecule has 3 rings (SSSR count). The molecule has 2 N–H and O–H groups in total. The third-order valence-corrected chi connectivity index (χ3v) is 4.78. The van der Waals surface area contributed by atoms with Crippen molar-refractivity contribution in [3.8, 4) is 5.75 Å². The zero-order chi connectivity index (χ0) is 19.2. The number of nitrogens with one attached hydrogen (secondary N) is 2. The van der Waals surface area contributed by atoms with Crippen molar-refractivity contribution < 1.29 is 9.53 Å². The molecule has 1 aromatic carbocycles. The lowest BCUT2D eigenvalue weighted by molar-refractivity contribution is 0.0944. The molecule has 1 saturated heterocycles. The summed E-state index contributed by atoms with van der Waals surface area (Å²) in [5, 5.41) is 14.7. The summed E-state index contributed by atoms with van der Waals surface area (Å²) in [6.45, 7) is 9.12. The largest absolute Gasteiger partial charge is 0.493 e. The number of nitrogens with zero attached hydrogens (tertiary/aromatic N) is 3. The fourth-order valence-electron chi connectivity index (χ4n) is 3.26. The molecule has 2 aromatic rings. The average Bonchev–Trinajstić information content (AvgIpc) is 3.07. The molecule has 1 amide bonds. The molecular weight excluding hydrogens is 378 g/mol. The number of aromatic nitrogens is 3. The summed E-state index contributed by atoms with van der Waals surface area (Å²) in [7, 11) is 0. The molecule has 7 nitrogen and oxygen atoms in total. The Morgan fingerprint density at radius 1 is 1.32 bits per heavy atom. The number of piperidine rings is 1. The number of benzene rings is 1. The zero-order valence-corrected chi connectivity index (χ0v) is 17.6. The van der Waals surface area contributed by atoms with E-state index >= 15 is 0 Å². The molecule has 1 aliphatic rings. The lowest BCUT2D eigenvalue weighted by Crippen LogP contribution is -2.30. The summed E-state index contributed by atoms with van der Waals surface area (Å²) in [6.07, 6.45) is 2.01. The first-order valence-corrected chi connectivity index (χ1v) is 9.67. The fourth-order valence-corrected chi connectivity index (χ4v) is 3.26. The van der Waals surface area contributed by atoms with Crippen molar-refractivity contribution in [2.24, 2.45) is 5.92 Å². The Kier molecular flexibility index (Phi) is 8.26. The van der Waals surface area contributed by atoms with Crippen LogP contribution in [0.3, 0.4) is 0 Å². The second kappa shape index (κ2) is 10.4. The maximum absolute atomic E-state index is 12.6. The normalized spacial score (nSPS) is 14.6. The maximum atomic E-state index is 12.6. The van der Waals surface area contributed by atoms with E-state index in [9.17, 15) is 4.79 Å². The highest BCUT2D eigenvalue weighted by Gasteiger charge is 2.22. The second-order valence-corrected chi connectivity index (χ2v) is 7.44.